The van der Waals surface area contributed by atoms with E-state index in [1.165, 1.54) is 5.56 Å². The maximum absolute atomic E-state index is 11.6. The average Bonchev–Trinajstić information content (AvgIpc) is 2.45. The van der Waals surface area contributed by atoms with Crippen molar-refractivity contribution in [2.75, 3.05) is 25.0 Å². The van der Waals surface area contributed by atoms with E-state index in [2.05, 4.69) is 29.7 Å². The summed E-state index contributed by atoms with van der Waals surface area (Å²) in [6.45, 7) is 7.78. The van der Waals surface area contributed by atoms with Crippen molar-refractivity contribution in [1.82, 2.24) is 5.32 Å². The predicted molar refractivity (Wildman–Crippen MR) is 83.0 cm³/mol. The van der Waals surface area contributed by atoms with Gasteiger partial charge in [-0.25, -0.2) is 0 Å². The molecular formula is C16H26N2O2. The highest BCUT2D eigenvalue weighted by atomic mass is 16.5. The number of aryl methyl sites for hydroxylation is 1. The molecular weight excluding hydrogens is 252 g/mol. The summed E-state index contributed by atoms with van der Waals surface area (Å²) >= 11 is 0. The van der Waals surface area contributed by atoms with Crippen molar-refractivity contribution >= 4 is 11.6 Å². The first-order valence-electron chi connectivity index (χ1n) is 7.33. The van der Waals surface area contributed by atoms with Crippen molar-refractivity contribution in [3.63, 3.8) is 0 Å². The molecule has 0 radical (unpaired) electrons. The first-order valence-corrected chi connectivity index (χ1v) is 7.33. The van der Waals surface area contributed by atoms with E-state index in [1.807, 2.05) is 26.0 Å². The molecule has 0 spiro atoms. The zero-order valence-corrected chi connectivity index (χ0v) is 12.7. The van der Waals surface area contributed by atoms with Gasteiger partial charge in [-0.1, -0.05) is 19.1 Å². The van der Waals surface area contributed by atoms with Crippen molar-refractivity contribution in [2.45, 2.75) is 39.7 Å². The number of anilines is 1. The number of carbonyl (C=O) groups excluding carboxylic acids is 1. The van der Waals surface area contributed by atoms with Gasteiger partial charge < -0.3 is 15.4 Å². The van der Waals surface area contributed by atoms with E-state index in [1.54, 1.807) is 0 Å². The van der Waals surface area contributed by atoms with Crippen LogP contribution in [-0.4, -0.2) is 31.7 Å². The number of rotatable bonds is 9. The van der Waals surface area contributed by atoms with E-state index in [9.17, 15) is 4.79 Å². The average molecular weight is 278 g/mol. The number of hydrogen-bond acceptors (Lipinski definition) is 3. The topological polar surface area (TPSA) is 50.4 Å². The van der Waals surface area contributed by atoms with E-state index < -0.39 is 0 Å². The molecule has 1 rings (SSSR count). The Labute approximate surface area is 121 Å². The molecule has 0 aliphatic carbocycles. The SMILES string of the molecule is CCc1ccc(NCC(=O)NCCCOC(C)C)cc1. The van der Waals surface area contributed by atoms with E-state index >= 15 is 0 Å². The third-order valence-corrected chi connectivity index (χ3v) is 2.91. The first-order chi connectivity index (χ1) is 9.61. The minimum Gasteiger partial charge on any atom is -0.379 e. The molecule has 4 nitrogen and oxygen atoms in total. The Kier molecular flexibility index (Phi) is 7.73. The molecule has 0 saturated heterocycles. The van der Waals surface area contributed by atoms with Gasteiger partial charge in [-0.2, -0.15) is 0 Å². The lowest BCUT2D eigenvalue weighted by Crippen LogP contribution is -2.31. The Morgan fingerprint density at radius 1 is 1.25 bits per heavy atom. The Morgan fingerprint density at radius 3 is 2.55 bits per heavy atom. The largest absolute Gasteiger partial charge is 0.379 e. The summed E-state index contributed by atoms with van der Waals surface area (Å²) in [5.41, 5.74) is 2.27. The molecule has 1 amide bonds. The van der Waals surface area contributed by atoms with Crippen molar-refractivity contribution < 1.29 is 9.53 Å². The number of amides is 1. The van der Waals surface area contributed by atoms with Gasteiger partial charge in [-0.05, 0) is 44.4 Å². The molecule has 0 unspecified atom stereocenters. The summed E-state index contributed by atoms with van der Waals surface area (Å²) in [6.07, 6.45) is 2.12. The van der Waals surface area contributed by atoms with Gasteiger partial charge in [0.25, 0.3) is 0 Å². The molecule has 0 aliphatic rings. The number of benzene rings is 1. The number of hydrogen-bond donors (Lipinski definition) is 2. The highest BCUT2D eigenvalue weighted by Gasteiger charge is 2.01. The van der Waals surface area contributed by atoms with Crippen LogP contribution in [0.1, 0.15) is 32.8 Å². The predicted octanol–water partition coefficient (Wildman–Crippen LogP) is 2.59. The second kappa shape index (κ2) is 9.37. The van der Waals surface area contributed by atoms with Crippen LogP contribution in [0.3, 0.4) is 0 Å². The Morgan fingerprint density at radius 2 is 1.95 bits per heavy atom. The second-order valence-electron chi connectivity index (χ2n) is 5.03. The van der Waals surface area contributed by atoms with Crippen molar-refractivity contribution in [3.8, 4) is 0 Å². The van der Waals surface area contributed by atoms with Crippen LogP contribution in [0.15, 0.2) is 24.3 Å². The standard InChI is InChI=1S/C16H26N2O2/c1-4-14-6-8-15(9-7-14)18-12-16(19)17-10-5-11-20-13(2)3/h6-9,13,18H,4-5,10-12H2,1-3H3,(H,17,19). The van der Waals surface area contributed by atoms with Crippen LogP contribution in [0.2, 0.25) is 0 Å². The number of carbonyl (C=O) groups is 1. The van der Waals surface area contributed by atoms with E-state index in [4.69, 9.17) is 4.74 Å². The van der Waals surface area contributed by atoms with E-state index in [-0.39, 0.29) is 12.0 Å². The smallest absolute Gasteiger partial charge is 0.239 e. The van der Waals surface area contributed by atoms with Crippen LogP contribution in [0.4, 0.5) is 5.69 Å². The lowest BCUT2D eigenvalue weighted by atomic mass is 10.1. The summed E-state index contributed by atoms with van der Waals surface area (Å²) in [5, 5.41) is 5.98. The first kappa shape index (κ1) is 16.5. The molecule has 4 heteroatoms. The van der Waals surface area contributed by atoms with Gasteiger partial charge in [0.2, 0.25) is 5.91 Å². The fraction of sp³-hybridized carbons (Fsp3) is 0.562. The molecule has 0 aliphatic heterocycles. The Bertz CT molecular complexity index is 388. The molecule has 0 heterocycles. The molecule has 2 N–H and O–H groups in total. The monoisotopic (exact) mass is 278 g/mol. The Balaban J connectivity index is 2.13. The molecule has 0 atom stereocenters. The van der Waals surface area contributed by atoms with Gasteiger partial charge in [0.15, 0.2) is 0 Å². The van der Waals surface area contributed by atoms with E-state index in [0.29, 0.717) is 19.7 Å². The molecule has 20 heavy (non-hydrogen) atoms. The van der Waals surface area contributed by atoms with Gasteiger partial charge >= 0.3 is 0 Å². The zero-order valence-electron chi connectivity index (χ0n) is 12.7. The van der Waals surface area contributed by atoms with Crippen LogP contribution in [0, 0.1) is 0 Å². The normalized spacial score (nSPS) is 10.6. The van der Waals surface area contributed by atoms with Gasteiger partial charge in [0, 0.05) is 18.8 Å². The second-order valence-corrected chi connectivity index (χ2v) is 5.03. The van der Waals surface area contributed by atoms with Gasteiger partial charge in [0.05, 0.1) is 12.6 Å². The van der Waals surface area contributed by atoms with Crippen LogP contribution < -0.4 is 10.6 Å². The summed E-state index contributed by atoms with van der Waals surface area (Å²) in [7, 11) is 0. The quantitative estimate of drug-likeness (QED) is 0.683. The summed E-state index contributed by atoms with van der Waals surface area (Å²) in [5.74, 6) is 0.00844. The molecule has 0 bridgehead atoms. The molecule has 112 valence electrons. The van der Waals surface area contributed by atoms with E-state index in [0.717, 1.165) is 18.5 Å². The molecule has 0 saturated carbocycles. The highest BCUT2D eigenvalue weighted by Crippen LogP contribution is 2.09. The van der Waals surface area contributed by atoms with Crippen LogP contribution in [-0.2, 0) is 16.0 Å². The van der Waals surface area contributed by atoms with Crippen LogP contribution in [0.25, 0.3) is 0 Å². The molecule has 1 aromatic rings. The van der Waals surface area contributed by atoms with Crippen LogP contribution >= 0.6 is 0 Å². The maximum Gasteiger partial charge on any atom is 0.239 e. The van der Waals surface area contributed by atoms with Crippen molar-refractivity contribution in [3.05, 3.63) is 29.8 Å². The lowest BCUT2D eigenvalue weighted by molar-refractivity contribution is -0.119. The summed E-state index contributed by atoms with van der Waals surface area (Å²) in [4.78, 5) is 11.6. The van der Waals surface area contributed by atoms with Gasteiger partial charge in [0.1, 0.15) is 0 Å². The third-order valence-electron chi connectivity index (χ3n) is 2.91. The third kappa shape index (κ3) is 7.14. The lowest BCUT2D eigenvalue weighted by Gasteiger charge is -2.09. The van der Waals surface area contributed by atoms with Gasteiger partial charge in [-0.15, -0.1) is 0 Å². The molecule has 1 aromatic carbocycles. The maximum atomic E-state index is 11.6. The highest BCUT2D eigenvalue weighted by molar-refractivity contribution is 5.80. The van der Waals surface area contributed by atoms with Gasteiger partial charge in [-0.3, -0.25) is 4.79 Å². The number of nitrogens with one attached hydrogen (secondary N) is 2. The Hall–Kier alpha value is -1.55. The number of ether oxygens (including phenoxy) is 1. The summed E-state index contributed by atoms with van der Waals surface area (Å²) < 4.78 is 5.41. The minimum atomic E-state index is 0.00844. The zero-order chi connectivity index (χ0) is 14.8. The van der Waals surface area contributed by atoms with Crippen LogP contribution in [0.5, 0.6) is 0 Å². The molecule has 0 fully saturated rings. The fourth-order valence-corrected chi connectivity index (χ4v) is 1.72. The fourth-order valence-electron chi connectivity index (χ4n) is 1.72. The summed E-state index contributed by atoms with van der Waals surface area (Å²) in [6, 6.07) is 8.15. The molecule has 0 aromatic heterocycles. The minimum absolute atomic E-state index is 0.00844. The van der Waals surface area contributed by atoms with Crippen molar-refractivity contribution in [2.24, 2.45) is 0 Å². The van der Waals surface area contributed by atoms with Crippen molar-refractivity contribution in [1.29, 1.82) is 0 Å².